The van der Waals surface area contributed by atoms with E-state index < -0.39 is 6.04 Å². The minimum Gasteiger partial charge on any atom is -0.460 e. The number of aryl methyl sites for hydroxylation is 1. The van der Waals surface area contributed by atoms with Gasteiger partial charge in [0.25, 0.3) is 5.91 Å². The van der Waals surface area contributed by atoms with Gasteiger partial charge in [0.2, 0.25) is 5.91 Å². The van der Waals surface area contributed by atoms with Crippen molar-refractivity contribution in [2.45, 2.75) is 19.4 Å². The zero-order chi connectivity index (χ0) is 15.0. The van der Waals surface area contributed by atoms with Gasteiger partial charge in [0.1, 0.15) is 17.5 Å². The van der Waals surface area contributed by atoms with Crippen molar-refractivity contribution in [3.63, 3.8) is 0 Å². The van der Waals surface area contributed by atoms with Gasteiger partial charge in [-0.2, -0.15) is 5.10 Å². The van der Waals surface area contributed by atoms with Crippen molar-refractivity contribution >= 4 is 11.8 Å². The molecule has 1 fully saturated rings. The van der Waals surface area contributed by atoms with Gasteiger partial charge in [0.05, 0.1) is 0 Å². The number of furan rings is 1. The third-order valence-corrected chi connectivity index (χ3v) is 3.55. The molecule has 1 aliphatic rings. The van der Waals surface area contributed by atoms with Gasteiger partial charge in [-0.3, -0.25) is 14.7 Å². The van der Waals surface area contributed by atoms with Gasteiger partial charge in [-0.15, -0.1) is 0 Å². The first-order valence-electron chi connectivity index (χ1n) is 6.72. The van der Waals surface area contributed by atoms with E-state index in [1.54, 1.807) is 24.1 Å². The average molecular weight is 288 g/mol. The molecule has 110 valence electrons. The third kappa shape index (κ3) is 2.54. The highest BCUT2D eigenvalue weighted by Crippen LogP contribution is 2.20. The number of amides is 2. The number of H-pyrrole nitrogens is 1. The smallest absolute Gasteiger partial charge is 0.272 e. The van der Waals surface area contributed by atoms with E-state index in [-0.39, 0.29) is 17.5 Å². The van der Waals surface area contributed by atoms with E-state index in [1.807, 2.05) is 13.0 Å². The Balaban J connectivity index is 1.71. The SMILES string of the molecule is Cc1ccc(-c2cc(C(=O)N[C@@H]3CCN(C)C3=O)n[nH]2)o1. The number of nitrogens with zero attached hydrogens (tertiary/aromatic N) is 2. The molecule has 21 heavy (non-hydrogen) atoms. The molecule has 2 aromatic rings. The summed E-state index contributed by atoms with van der Waals surface area (Å²) in [4.78, 5) is 25.5. The molecule has 0 bridgehead atoms. The van der Waals surface area contributed by atoms with Gasteiger partial charge in [-0.1, -0.05) is 0 Å². The number of carbonyl (C=O) groups is 2. The summed E-state index contributed by atoms with van der Waals surface area (Å²) in [6.45, 7) is 2.50. The van der Waals surface area contributed by atoms with Crippen LogP contribution in [-0.4, -0.2) is 46.5 Å². The van der Waals surface area contributed by atoms with Crippen molar-refractivity contribution < 1.29 is 14.0 Å². The average Bonchev–Trinajstić information content (AvgIpc) is 3.15. The van der Waals surface area contributed by atoms with Crippen molar-refractivity contribution in [2.75, 3.05) is 13.6 Å². The van der Waals surface area contributed by atoms with E-state index in [2.05, 4.69) is 15.5 Å². The fraction of sp³-hybridized carbons (Fsp3) is 0.357. The first kappa shape index (κ1) is 13.4. The van der Waals surface area contributed by atoms with Gasteiger partial charge < -0.3 is 14.6 Å². The van der Waals surface area contributed by atoms with E-state index in [9.17, 15) is 9.59 Å². The summed E-state index contributed by atoms with van der Waals surface area (Å²) in [6, 6.07) is 4.79. The largest absolute Gasteiger partial charge is 0.460 e. The quantitative estimate of drug-likeness (QED) is 0.879. The molecule has 0 spiro atoms. The highest BCUT2D eigenvalue weighted by molar-refractivity contribution is 5.97. The molecule has 2 N–H and O–H groups in total. The van der Waals surface area contributed by atoms with Crippen molar-refractivity contribution in [3.05, 3.63) is 29.7 Å². The van der Waals surface area contributed by atoms with Crippen molar-refractivity contribution in [2.24, 2.45) is 0 Å². The molecule has 0 aromatic carbocycles. The Morgan fingerprint density at radius 2 is 2.33 bits per heavy atom. The molecule has 0 aliphatic carbocycles. The lowest BCUT2D eigenvalue weighted by Gasteiger charge is -2.10. The van der Waals surface area contributed by atoms with E-state index in [4.69, 9.17) is 4.42 Å². The van der Waals surface area contributed by atoms with E-state index in [1.165, 1.54) is 0 Å². The van der Waals surface area contributed by atoms with Gasteiger partial charge in [0, 0.05) is 19.7 Å². The fourth-order valence-electron chi connectivity index (χ4n) is 2.33. The first-order valence-corrected chi connectivity index (χ1v) is 6.72. The molecule has 1 atom stereocenters. The minimum absolute atomic E-state index is 0.0687. The van der Waals surface area contributed by atoms with Crippen molar-refractivity contribution in [1.82, 2.24) is 20.4 Å². The first-order chi connectivity index (χ1) is 10.0. The van der Waals surface area contributed by atoms with Crippen LogP contribution < -0.4 is 5.32 Å². The van der Waals surface area contributed by atoms with Gasteiger partial charge in [-0.25, -0.2) is 0 Å². The Morgan fingerprint density at radius 3 is 2.95 bits per heavy atom. The molecule has 1 aliphatic heterocycles. The van der Waals surface area contributed by atoms with Crippen LogP contribution in [0.3, 0.4) is 0 Å². The second-order valence-corrected chi connectivity index (χ2v) is 5.15. The third-order valence-electron chi connectivity index (χ3n) is 3.55. The van der Waals surface area contributed by atoms with Crippen LogP contribution in [0.15, 0.2) is 22.6 Å². The van der Waals surface area contributed by atoms with Crippen molar-refractivity contribution in [3.8, 4) is 11.5 Å². The summed E-state index contributed by atoms with van der Waals surface area (Å²) >= 11 is 0. The van der Waals surface area contributed by atoms with Crippen LogP contribution in [-0.2, 0) is 4.79 Å². The van der Waals surface area contributed by atoms with Crippen LogP contribution in [0, 0.1) is 6.92 Å². The molecular formula is C14H16N4O3. The maximum absolute atomic E-state index is 12.1. The van der Waals surface area contributed by atoms with Gasteiger partial charge >= 0.3 is 0 Å². The second-order valence-electron chi connectivity index (χ2n) is 5.15. The minimum atomic E-state index is -0.464. The summed E-state index contributed by atoms with van der Waals surface area (Å²) in [5, 5.41) is 9.43. The number of likely N-dealkylation sites (N-methyl/N-ethyl adjacent to an activating group) is 1. The molecular weight excluding hydrogens is 272 g/mol. The molecule has 7 heteroatoms. The lowest BCUT2D eigenvalue weighted by Crippen LogP contribution is -2.40. The fourth-order valence-corrected chi connectivity index (χ4v) is 2.33. The summed E-state index contributed by atoms with van der Waals surface area (Å²) in [6.07, 6.45) is 0.621. The topological polar surface area (TPSA) is 91.2 Å². The normalized spacial score (nSPS) is 18.3. The Bertz CT molecular complexity index is 688. The lowest BCUT2D eigenvalue weighted by molar-refractivity contribution is -0.128. The Hall–Kier alpha value is -2.57. The predicted octanol–water partition coefficient (Wildman–Crippen LogP) is 0.939. The number of hydrogen-bond acceptors (Lipinski definition) is 4. The standard InChI is InChI=1S/C14H16N4O3/c1-8-3-4-12(21-8)10-7-11(17-16-10)13(19)15-9-5-6-18(2)14(9)20/h3-4,7,9H,5-6H2,1-2H3,(H,15,19)(H,16,17)/t9-/m1/s1. The highest BCUT2D eigenvalue weighted by Gasteiger charge is 2.30. The molecule has 3 heterocycles. The Labute approximate surface area is 121 Å². The van der Waals surface area contributed by atoms with E-state index in [0.717, 1.165) is 5.76 Å². The number of carbonyl (C=O) groups excluding carboxylic acids is 2. The zero-order valence-electron chi connectivity index (χ0n) is 11.8. The monoisotopic (exact) mass is 288 g/mol. The van der Waals surface area contributed by atoms with Crippen LogP contribution in [0.25, 0.3) is 11.5 Å². The molecule has 0 radical (unpaired) electrons. The number of rotatable bonds is 3. The predicted molar refractivity (Wildman–Crippen MR) is 74.5 cm³/mol. The van der Waals surface area contributed by atoms with Crippen LogP contribution in [0.1, 0.15) is 22.7 Å². The number of likely N-dealkylation sites (tertiary alicyclic amines) is 1. The van der Waals surface area contributed by atoms with Gasteiger partial charge in [-0.05, 0) is 25.5 Å². The molecule has 2 amide bonds. The molecule has 2 aromatic heterocycles. The molecule has 1 saturated heterocycles. The van der Waals surface area contributed by atoms with Crippen LogP contribution in [0.4, 0.5) is 0 Å². The molecule has 7 nitrogen and oxygen atoms in total. The maximum Gasteiger partial charge on any atom is 0.272 e. The van der Waals surface area contributed by atoms with Crippen molar-refractivity contribution in [1.29, 1.82) is 0 Å². The molecule has 0 unspecified atom stereocenters. The Morgan fingerprint density at radius 1 is 1.52 bits per heavy atom. The number of aromatic amines is 1. The zero-order valence-corrected chi connectivity index (χ0v) is 11.8. The summed E-state index contributed by atoms with van der Waals surface area (Å²) < 4.78 is 5.46. The Kier molecular flexibility index (Phi) is 3.25. The molecule has 3 rings (SSSR count). The number of hydrogen-bond donors (Lipinski definition) is 2. The molecule has 0 saturated carbocycles. The second kappa shape index (κ2) is 5.08. The highest BCUT2D eigenvalue weighted by atomic mass is 16.3. The van der Waals surface area contributed by atoms with Crippen LogP contribution in [0.5, 0.6) is 0 Å². The number of nitrogens with one attached hydrogen (secondary N) is 2. The summed E-state index contributed by atoms with van der Waals surface area (Å²) in [7, 11) is 1.72. The van der Waals surface area contributed by atoms with Crippen LogP contribution >= 0.6 is 0 Å². The van der Waals surface area contributed by atoms with Crippen LogP contribution in [0.2, 0.25) is 0 Å². The summed E-state index contributed by atoms with van der Waals surface area (Å²) in [5.74, 6) is 0.969. The van der Waals surface area contributed by atoms with E-state index in [0.29, 0.717) is 24.4 Å². The van der Waals surface area contributed by atoms with E-state index >= 15 is 0 Å². The number of aromatic nitrogens is 2. The maximum atomic E-state index is 12.1. The van der Waals surface area contributed by atoms with Gasteiger partial charge in [0.15, 0.2) is 11.5 Å². The lowest BCUT2D eigenvalue weighted by atomic mass is 10.2. The summed E-state index contributed by atoms with van der Waals surface area (Å²) in [5.41, 5.74) is 0.865.